The Balaban J connectivity index is 2.06. The van der Waals surface area contributed by atoms with Crippen molar-refractivity contribution in [3.8, 4) is 11.4 Å². The third kappa shape index (κ3) is 3.93. The number of halogens is 1. The Kier molecular flexibility index (Phi) is 5.41. The number of ether oxygens (including phenoxy) is 1. The van der Waals surface area contributed by atoms with E-state index in [1.54, 1.807) is 12.1 Å². The highest BCUT2D eigenvalue weighted by atomic mass is 79.9. The molecular formula is C20H18BrN3O3. The molecule has 3 rings (SSSR count). The highest BCUT2D eigenvalue weighted by Gasteiger charge is 2.19. The first kappa shape index (κ1) is 18.8. The summed E-state index contributed by atoms with van der Waals surface area (Å²) in [5.41, 5.74) is 2.68. The van der Waals surface area contributed by atoms with Crippen LogP contribution < -0.4 is 15.6 Å². The van der Waals surface area contributed by atoms with Crippen LogP contribution in [-0.2, 0) is 0 Å². The summed E-state index contributed by atoms with van der Waals surface area (Å²) in [6.45, 7) is 3.76. The molecule has 0 aliphatic carbocycles. The molecule has 2 aromatic carbocycles. The van der Waals surface area contributed by atoms with E-state index in [1.165, 1.54) is 17.9 Å². The predicted molar refractivity (Wildman–Crippen MR) is 108 cm³/mol. The van der Waals surface area contributed by atoms with Crippen LogP contribution in [0.15, 0.2) is 57.8 Å². The van der Waals surface area contributed by atoms with Crippen LogP contribution >= 0.6 is 15.9 Å². The Bertz CT molecular complexity index is 1080. The number of aromatic nitrogens is 2. The number of carbonyl (C=O) groups excluding carboxylic acids is 1. The van der Waals surface area contributed by atoms with Crippen LogP contribution in [0, 0.1) is 13.8 Å². The second kappa shape index (κ2) is 7.75. The van der Waals surface area contributed by atoms with Crippen LogP contribution in [-0.4, -0.2) is 22.8 Å². The third-order valence-electron chi connectivity index (χ3n) is 4.11. The minimum absolute atomic E-state index is 0.0303. The molecule has 0 atom stereocenters. The normalized spacial score (nSPS) is 10.5. The topological polar surface area (TPSA) is 73.2 Å². The molecule has 0 aliphatic rings. The first-order chi connectivity index (χ1) is 12.9. The number of hydrogen-bond donors (Lipinski definition) is 1. The van der Waals surface area contributed by atoms with Gasteiger partial charge in [0.2, 0.25) is 0 Å². The molecule has 0 radical (unpaired) electrons. The maximum absolute atomic E-state index is 12.8. The van der Waals surface area contributed by atoms with Gasteiger partial charge in [-0.25, -0.2) is 0 Å². The summed E-state index contributed by atoms with van der Waals surface area (Å²) in [5, 5.41) is 7.10. The molecule has 138 valence electrons. The minimum atomic E-state index is -0.459. The number of aryl methyl sites for hydroxylation is 2. The number of anilines is 1. The summed E-state index contributed by atoms with van der Waals surface area (Å²) in [4.78, 5) is 25.3. The van der Waals surface area contributed by atoms with E-state index in [2.05, 4.69) is 26.3 Å². The van der Waals surface area contributed by atoms with E-state index < -0.39 is 5.91 Å². The van der Waals surface area contributed by atoms with Crippen LogP contribution in [0.1, 0.15) is 21.6 Å². The lowest BCUT2D eigenvalue weighted by molar-refractivity contribution is 0.101. The van der Waals surface area contributed by atoms with Gasteiger partial charge in [0.05, 0.1) is 18.9 Å². The lowest BCUT2D eigenvalue weighted by Gasteiger charge is -2.13. The van der Waals surface area contributed by atoms with Crippen molar-refractivity contribution in [2.45, 2.75) is 13.8 Å². The Morgan fingerprint density at radius 3 is 2.52 bits per heavy atom. The Hall–Kier alpha value is -2.93. The van der Waals surface area contributed by atoms with Crippen molar-refractivity contribution in [1.82, 2.24) is 9.78 Å². The van der Waals surface area contributed by atoms with Gasteiger partial charge in [-0.1, -0.05) is 34.1 Å². The summed E-state index contributed by atoms with van der Waals surface area (Å²) in [6.07, 6.45) is 0. The number of para-hydroxylation sites is 1. The molecule has 1 amide bonds. The fourth-order valence-corrected chi connectivity index (χ4v) is 3.15. The number of amides is 1. The Morgan fingerprint density at radius 2 is 1.85 bits per heavy atom. The monoisotopic (exact) mass is 427 g/mol. The van der Waals surface area contributed by atoms with Crippen molar-refractivity contribution in [2.24, 2.45) is 0 Å². The van der Waals surface area contributed by atoms with E-state index in [1.807, 2.05) is 44.2 Å². The Labute approximate surface area is 164 Å². The number of nitrogens with one attached hydrogen (secondary N) is 1. The standard InChI is InChI=1S/C20H18BrN3O3/c1-12-6-4-5-7-16(12)24-18(25)11-17(27-3)19(23-24)20(26)22-15-9-8-14(21)10-13(15)2/h4-11H,1-3H3,(H,22,26). The maximum Gasteiger partial charge on any atom is 0.280 e. The van der Waals surface area contributed by atoms with E-state index in [9.17, 15) is 9.59 Å². The van der Waals surface area contributed by atoms with Crippen LogP contribution in [0.4, 0.5) is 5.69 Å². The molecule has 0 unspecified atom stereocenters. The molecule has 0 saturated carbocycles. The van der Waals surface area contributed by atoms with Gasteiger partial charge in [-0.2, -0.15) is 9.78 Å². The van der Waals surface area contributed by atoms with Crippen LogP contribution in [0.25, 0.3) is 5.69 Å². The highest BCUT2D eigenvalue weighted by molar-refractivity contribution is 9.10. The number of hydrogen-bond acceptors (Lipinski definition) is 4. The molecule has 0 saturated heterocycles. The molecule has 27 heavy (non-hydrogen) atoms. The van der Waals surface area contributed by atoms with Crippen molar-refractivity contribution in [2.75, 3.05) is 12.4 Å². The maximum atomic E-state index is 12.8. The molecule has 3 aromatic rings. The Morgan fingerprint density at radius 1 is 1.11 bits per heavy atom. The molecule has 1 heterocycles. The summed E-state index contributed by atoms with van der Waals surface area (Å²) in [5.74, 6) is -0.336. The zero-order valence-electron chi connectivity index (χ0n) is 15.1. The molecule has 1 aromatic heterocycles. The molecule has 0 spiro atoms. The number of rotatable bonds is 4. The lowest BCUT2D eigenvalue weighted by Crippen LogP contribution is -2.26. The van der Waals surface area contributed by atoms with Crippen molar-refractivity contribution < 1.29 is 9.53 Å². The zero-order valence-corrected chi connectivity index (χ0v) is 16.7. The largest absolute Gasteiger partial charge is 0.494 e. The van der Waals surface area contributed by atoms with Crippen LogP contribution in [0.2, 0.25) is 0 Å². The highest BCUT2D eigenvalue weighted by Crippen LogP contribution is 2.22. The number of methoxy groups -OCH3 is 1. The number of nitrogens with zero attached hydrogens (tertiary/aromatic N) is 2. The van der Waals surface area contributed by atoms with Crippen molar-refractivity contribution in [3.05, 3.63) is 80.2 Å². The summed E-state index contributed by atoms with van der Waals surface area (Å²) >= 11 is 3.40. The van der Waals surface area contributed by atoms with E-state index in [4.69, 9.17) is 4.74 Å². The smallest absolute Gasteiger partial charge is 0.280 e. The zero-order chi connectivity index (χ0) is 19.6. The van der Waals surface area contributed by atoms with E-state index in [-0.39, 0.29) is 17.0 Å². The van der Waals surface area contributed by atoms with Gasteiger partial charge < -0.3 is 10.1 Å². The average Bonchev–Trinajstić information content (AvgIpc) is 2.64. The summed E-state index contributed by atoms with van der Waals surface area (Å²) < 4.78 is 7.34. The van der Waals surface area contributed by atoms with Crippen LogP contribution in [0.3, 0.4) is 0 Å². The first-order valence-electron chi connectivity index (χ1n) is 8.22. The molecule has 6 nitrogen and oxygen atoms in total. The van der Waals surface area contributed by atoms with E-state index >= 15 is 0 Å². The van der Waals surface area contributed by atoms with E-state index in [0.717, 1.165) is 15.6 Å². The molecule has 7 heteroatoms. The lowest BCUT2D eigenvalue weighted by atomic mass is 10.2. The van der Waals surface area contributed by atoms with Crippen molar-refractivity contribution in [1.29, 1.82) is 0 Å². The fraction of sp³-hybridized carbons (Fsp3) is 0.150. The van der Waals surface area contributed by atoms with Crippen molar-refractivity contribution >= 4 is 27.5 Å². The second-order valence-electron chi connectivity index (χ2n) is 6.01. The summed E-state index contributed by atoms with van der Waals surface area (Å²) in [7, 11) is 1.40. The van der Waals surface area contributed by atoms with Crippen molar-refractivity contribution in [3.63, 3.8) is 0 Å². The van der Waals surface area contributed by atoms with Crippen LogP contribution in [0.5, 0.6) is 5.75 Å². The van der Waals surface area contributed by atoms with Gasteiger partial charge in [0.25, 0.3) is 11.5 Å². The van der Waals surface area contributed by atoms with Gasteiger partial charge >= 0.3 is 0 Å². The third-order valence-corrected chi connectivity index (χ3v) is 4.61. The quantitative estimate of drug-likeness (QED) is 0.685. The second-order valence-corrected chi connectivity index (χ2v) is 6.93. The summed E-state index contributed by atoms with van der Waals surface area (Å²) in [6, 6.07) is 14.1. The van der Waals surface area contributed by atoms with Gasteiger partial charge in [0.1, 0.15) is 0 Å². The molecule has 0 bridgehead atoms. The predicted octanol–water partition coefficient (Wildman–Crippen LogP) is 3.87. The first-order valence-corrected chi connectivity index (χ1v) is 9.02. The van der Waals surface area contributed by atoms with Gasteiger partial charge in [-0.05, 0) is 49.2 Å². The molecule has 0 fully saturated rings. The van der Waals surface area contributed by atoms with Gasteiger partial charge in [-0.3, -0.25) is 9.59 Å². The average molecular weight is 428 g/mol. The fourth-order valence-electron chi connectivity index (χ4n) is 2.68. The minimum Gasteiger partial charge on any atom is -0.494 e. The molecular weight excluding hydrogens is 410 g/mol. The van der Waals surface area contributed by atoms with Gasteiger partial charge in [-0.15, -0.1) is 0 Å². The number of benzene rings is 2. The van der Waals surface area contributed by atoms with Gasteiger partial charge in [0.15, 0.2) is 11.4 Å². The SMILES string of the molecule is COc1cc(=O)n(-c2ccccc2C)nc1C(=O)Nc1ccc(Br)cc1C. The molecule has 1 N–H and O–H groups in total. The molecule has 0 aliphatic heterocycles. The van der Waals surface area contributed by atoms with Gasteiger partial charge in [0, 0.05) is 10.2 Å². The number of carbonyl (C=O) groups is 1. The van der Waals surface area contributed by atoms with E-state index in [0.29, 0.717) is 11.4 Å².